The maximum absolute atomic E-state index is 13.6. The normalized spacial score (nSPS) is 10.2. The minimum absolute atomic E-state index is 0.138. The van der Waals surface area contributed by atoms with E-state index in [1.165, 1.54) is 12.3 Å². The molecule has 4 nitrogen and oxygen atoms in total. The predicted molar refractivity (Wildman–Crippen MR) is 88.3 cm³/mol. The molecule has 0 aliphatic carbocycles. The van der Waals surface area contributed by atoms with Gasteiger partial charge in [-0.05, 0) is 36.4 Å². The zero-order valence-corrected chi connectivity index (χ0v) is 12.5. The van der Waals surface area contributed by atoms with Crippen LogP contribution in [0.25, 0.3) is 0 Å². The molecular weight excluding hydrogens is 312 g/mol. The van der Waals surface area contributed by atoms with Crippen LogP contribution in [0.5, 0.6) is 0 Å². The molecule has 0 spiro atoms. The maximum atomic E-state index is 13.6. The van der Waals surface area contributed by atoms with E-state index < -0.39 is 11.6 Å². The second kappa shape index (κ2) is 6.87. The Balaban J connectivity index is 1.68. The van der Waals surface area contributed by atoms with Gasteiger partial charge in [0.05, 0.1) is 17.6 Å². The largest absolute Gasteiger partial charge is 0.352 e. The molecule has 2 N–H and O–H groups in total. The molecule has 0 saturated heterocycles. The number of aromatic nitrogens is 1. The first-order valence-corrected chi connectivity index (χ1v) is 7.16. The number of rotatable bonds is 4. The van der Waals surface area contributed by atoms with Gasteiger partial charge in [-0.25, -0.2) is 13.8 Å². The highest BCUT2D eigenvalue weighted by Gasteiger charge is 2.07. The zero-order chi connectivity index (χ0) is 16.9. The number of nitrogens with zero attached hydrogens (tertiary/aromatic N) is 1. The Kier molecular flexibility index (Phi) is 4.47. The molecular formula is C18H13F2N3O. The van der Waals surface area contributed by atoms with E-state index in [1.54, 1.807) is 36.4 Å². The van der Waals surface area contributed by atoms with Gasteiger partial charge >= 0.3 is 0 Å². The quantitative estimate of drug-likeness (QED) is 0.749. The Morgan fingerprint density at radius 3 is 2.42 bits per heavy atom. The van der Waals surface area contributed by atoms with Crippen LogP contribution in [0.3, 0.4) is 0 Å². The highest BCUT2D eigenvalue weighted by Crippen LogP contribution is 2.21. The summed E-state index contributed by atoms with van der Waals surface area (Å²) >= 11 is 0. The molecule has 1 amide bonds. The lowest BCUT2D eigenvalue weighted by atomic mass is 10.2. The van der Waals surface area contributed by atoms with Gasteiger partial charge in [-0.15, -0.1) is 0 Å². The number of hydrogen-bond acceptors (Lipinski definition) is 3. The molecule has 120 valence electrons. The molecule has 3 aromatic rings. The van der Waals surface area contributed by atoms with Crippen molar-refractivity contribution in [3.63, 3.8) is 0 Å². The number of carbonyl (C=O) groups excluding carboxylic acids is 1. The van der Waals surface area contributed by atoms with Crippen molar-refractivity contribution >= 4 is 23.1 Å². The molecule has 24 heavy (non-hydrogen) atoms. The Morgan fingerprint density at radius 1 is 0.958 bits per heavy atom. The van der Waals surface area contributed by atoms with Crippen LogP contribution in [0.15, 0.2) is 66.9 Å². The number of pyridine rings is 1. The molecule has 0 aliphatic rings. The van der Waals surface area contributed by atoms with Gasteiger partial charge in [0, 0.05) is 11.6 Å². The van der Waals surface area contributed by atoms with Crippen LogP contribution in [-0.2, 0) is 0 Å². The molecule has 0 aliphatic heterocycles. The smallest absolute Gasteiger partial charge is 0.256 e. The molecule has 2 aromatic carbocycles. The van der Waals surface area contributed by atoms with Crippen molar-refractivity contribution in [2.24, 2.45) is 0 Å². The van der Waals surface area contributed by atoms with E-state index >= 15 is 0 Å². The van der Waals surface area contributed by atoms with Crippen LogP contribution >= 0.6 is 0 Å². The van der Waals surface area contributed by atoms with Crippen LogP contribution in [0.4, 0.5) is 26.0 Å². The molecule has 0 bridgehead atoms. The van der Waals surface area contributed by atoms with Gasteiger partial charge in [0.2, 0.25) is 0 Å². The fourth-order valence-electron chi connectivity index (χ4n) is 2.07. The lowest BCUT2D eigenvalue weighted by Gasteiger charge is -2.09. The summed E-state index contributed by atoms with van der Waals surface area (Å²) in [7, 11) is 0. The Labute approximate surface area is 137 Å². The van der Waals surface area contributed by atoms with Gasteiger partial charge in [-0.3, -0.25) is 4.79 Å². The number of amides is 1. The lowest BCUT2D eigenvalue weighted by Crippen LogP contribution is -2.12. The van der Waals surface area contributed by atoms with Crippen molar-refractivity contribution in [3.05, 3.63) is 84.1 Å². The highest BCUT2D eigenvalue weighted by molar-refractivity contribution is 6.03. The fourth-order valence-corrected chi connectivity index (χ4v) is 2.07. The van der Waals surface area contributed by atoms with Crippen molar-refractivity contribution in [2.45, 2.75) is 0 Å². The third kappa shape index (κ3) is 3.73. The summed E-state index contributed by atoms with van der Waals surface area (Å²) in [6.07, 6.45) is 1.45. The number of anilines is 3. The summed E-state index contributed by atoms with van der Waals surface area (Å²) in [6.45, 7) is 0. The molecule has 0 unspecified atom stereocenters. The topological polar surface area (TPSA) is 54.0 Å². The Bertz CT molecular complexity index is 852. The molecule has 3 rings (SSSR count). The summed E-state index contributed by atoms with van der Waals surface area (Å²) < 4.78 is 26.5. The predicted octanol–water partition coefficient (Wildman–Crippen LogP) is 4.36. The number of hydrogen-bond donors (Lipinski definition) is 2. The number of halogens is 2. The van der Waals surface area contributed by atoms with Crippen LogP contribution in [0, 0.1) is 11.6 Å². The van der Waals surface area contributed by atoms with Gasteiger partial charge in [-0.1, -0.05) is 18.2 Å². The average molecular weight is 325 g/mol. The Hall–Kier alpha value is -3.28. The highest BCUT2D eigenvalue weighted by atomic mass is 19.1. The van der Waals surface area contributed by atoms with Crippen LogP contribution in [-0.4, -0.2) is 10.9 Å². The van der Waals surface area contributed by atoms with E-state index in [0.717, 1.165) is 12.1 Å². The summed E-state index contributed by atoms with van der Waals surface area (Å²) in [5.41, 5.74) is 1.17. The zero-order valence-electron chi connectivity index (χ0n) is 12.5. The van der Waals surface area contributed by atoms with Gasteiger partial charge < -0.3 is 10.6 Å². The summed E-state index contributed by atoms with van der Waals surface area (Å²) in [5, 5.41) is 5.46. The lowest BCUT2D eigenvalue weighted by molar-refractivity contribution is 0.102. The van der Waals surface area contributed by atoms with E-state index in [4.69, 9.17) is 0 Å². The third-order valence-corrected chi connectivity index (χ3v) is 3.25. The molecule has 0 atom stereocenters. The molecule has 0 saturated carbocycles. The standard InChI is InChI=1S/C18H13F2N3O/c19-13-6-8-16(15(20)10-13)22-14-7-9-17(21-11-14)23-18(24)12-4-2-1-3-5-12/h1-11,22H,(H,21,23,24). The van der Waals surface area contributed by atoms with Crippen LogP contribution in [0.1, 0.15) is 10.4 Å². The number of carbonyl (C=O) groups is 1. The average Bonchev–Trinajstić information content (AvgIpc) is 2.60. The van der Waals surface area contributed by atoms with E-state index in [2.05, 4.69) is 15.6 Å². The molecule has 0 fully saturated rings. The molecule has 1 heterocycles. The van der Waals surface area contributed by atoms with Crippen molar-refractivity contribution < 1.29 is 13.6 Å². The van der Waals surface area contributed by atoms with Crippen LogP contribution < -0.4 is 10.6 Å². The van der Waals surface area contributed by atoms with E-state index in [9.17, 15) is 13.6 Å². The van der Waals surface area contributed by atoms with E-state index in [-0.39, 0.29) is 11.6 Å². The second-order valence-corrected chi connectivity index (χ2v) is 5.00. The van der Waals surface area contributed by atoms with Crippen molar-refractivity contribution in [1.29, 1.82) is 0 Å². The molecule has 1 aromatic heterocycles. The fraction of sp³-hybridized carbons (Fsp3) is 0. The van der Waals surface area contributed by atoms with Crippen LogP contribution in [0.2, 0.25) is 0 Å². The molecule has 6 heteroatoms. The monoisotopic (exact) mass is 325 g/mol. The van der Waals surface area contributed by atoms with E-state index in [0.29, 0.717) is 17.1 Å². The van der Waals surface area contributed by atoms with Gasteiger partial charge in [0.1, 0.15) is 17.5 Å². The minimum atomic E-state index is -0.698. The van der Waals surface area contributed by atoms with Gasteiger partial charge in [0.15, 0.2) is 0 Å². The number of benzene rings is 2. The van der Waals surface area contributed by atoms with Gasteiger partial charge in [0.25, 0.3) is 5.91 Å². The summed E-state index contributed by atoms with van der Waals surface area (Å²) in [6, 6.07) is 15.2. The third-order valence-electron chi connectivity index (χ3n) is 3.25. The first-order valence-electron chi connectivity index (χ1n) is 7.16. The molecule has 0 radical (unpaired) electrons. The minimum Gasteiger partial charge on any atom is -0.352 e. The Morgan fingerprint density at radius 2 is 1.75 bits per heavy atom. The van der Waals surface area contributed by atoms with Crippen molar-refractivity contribution in [3.8, 4) is 0 Å². The first kappa shape index (κ1) is 15.6. The number of nitrogens with one attached hydrogen (secondary N) is 2. The van der Waals surface area contributed by atoms with Gasteiger partial charge in [-0.2, -0.15) is 0 Å². The SMILES string of the molecule is O=C(Nc1ccc(Nc2ccc(F)cc2F)cn1)c1ccccc1. The summed E-state index contributed by atoms with van der Waals surface area (Å²) in [4.78, 5) is 16.1. The van der Waals surface area contributed by atoms with E-state index in [1.807, 2.05) is 6.07 Å². The second-order valence-electron chi connectivity index (χ2n) is 5.00. The summed E-state index contributed by atoms with van der Waals surface area (Å²) in [5.74, 6) is -1.24. The first-order chi connectivity index (χ1) is 11.6. The maximum Gasteiger partial charge on any atom is 0.256 e. The van der Waals surface area contributed by atoms with Crippen molar-refractivity contribution in [1.82, 2.24) is 4.98 Å². The van der Waals surface area contributed by atoms with Crippen molar-refractivity contribution in [2.75, 3.05) is 10.6 Å².